The smallest absolute Gasteiger partial charge is 0.248 e. The van der Waals surface area contributed by atoms with Crippen LogP contribution in [-0.4, -0.2) is 52.3 Å². The summed E-state index contributed by atoms with van der Waals surface area (Å²) in [4.78, 5) is 19.1. The van der Waals surface area contributed by atoms with Crippen molar-refractivity contribution in [1.29, 1.82) is 0 Å². The zero-order valence-corrected chi connectivity index (χ0v) is 14.3. The molecule has 2 aliphatic rings. The van der Waals surface area contributed by atoms with Gasteiger partial charge in [-0.15, -0.1) is 0 Å². The van der Waals surface area contributed by atoms with Crippen LogP contribution in [0.15, 0.2) is 0 Å². The van der Waals surface area contributed by atoms with Crippen LogP contribution in [0.1, 0.15) is 63.5 Å². The monoisotopic (exact) mass is 320 g/mol. The van der Waals surface area contributed by atoms with E-state index < -0.39 is 0 Å². The number of amides is 1. The highest BCUT2D eigenvalue weighted by Crippen LogP contribution is 2.52. The third-order valence-electron chi connectivity index (χ3n) is 5.38. The van der Waals surface area contributed by atoms with Gasteiger partial charge in [-0.05, 0) is 31.6 Å². The summed E-state index contributed by atoms with van der Waals surface area (Å²) in [6, 6.07) is 0. The summed E-state index contributed by atoms with van der Waals surface area (Å²) in [5.74, 6) is 2.24. The first-order chi connectivity index (χ1) is 11.2. The predicted octanol–water partition coefficient (Wildman–Crippen LogP) is 2.28. The highest BCUT2D eigenvalue weighted by atomic mass is 16.5. The third kappa shape index (κ3) is 3.27. The van der Waals surface area contributed by atoms with Crippen LogP contribution in [-0.2, 0) is 16.0 Å². The van der Waals surface area contributed by atoms with E-state index in [-0.39, 0.29) is 23.8 Å². The number of hydrogen-bond acceptors (Lipinski definition) is 4. The first kappa shape index (κ1) is 16.4. The topological polar surface area (TPSA) is 71.1 Å². The number of nitrogens with one attached hydrogen (secondary N) is 1. The summed E-state index contributed by atoms with van der Waals surface area (Å²) >= 11 is 0. The van der Waals surface area contributed by atoms with Crippen LogP contribution < -0.4 is 0 Å². The molecule has 1 saturated heterocycles. The van der Waals surface area contributed by atoms with Crippen LogP contribution in [0.2, 0.25) is 0 Å². The van der Waals surface area contributed by atoms with Crippen LogP contribution in [0.25, 0.3) is 0 Å². The second kappa shape index (κ2) is 6.99. The lowest BCUT2D eigenvalue weighted by molar-refractivity contribution is -0.135. The number of aromatic nitrogens is 3. The van der Waals surface area contributed by atoms with E-state index in [9.17, 15) is 4.79 Å². The Labute approximate surface area is 138 Å². The van der Waals surface area contributed by atoms with Crippen LogP contribution >= 0.6 is 0 Å². The summed E-state index contributed by atoms with van der Waals surface area (Å²) in [6.07, 6.45) is 6.83. The van der Waals surface area contributed by atoms with Gasteiger partial charge in [-0.25, -0.2) is 4.98 Å². The summed E-state index contributed by atoms with van der Waals surface area (Å²) < 4.78 is 5.31. The number of carbonyl (C=O) groups excluding carboxylic acids is 1. The highest BCUT2D eigenvalue weighted by Gasteiger charge is 2.51. The number of likely N-dealkylation sites (tertiary alicyclic amines) is 1. The number of nitrogens with zero attached hydrogens (tertiary/aromatic N) is 3. The van der Waals surface area contributed by atoms with Crippen molar-refractivity contribution < 1.29 is 9.53 Å². The number of aryl methyl sites for hydroxylation is 1. The van der Waals surface area contributed by atoms with Crippen molar-refractivity contribution in [3.8, 4) is 0 Å². The van der Waals surface area contributed by atoms with Gasteiger partial charge < -0.3 is 9.64 Å². The predicted molar refractivity (Wildman–Crippen MR) is 87.1 cm³/mol. The molecule has 1 saturated carbocycles. The van der Waals surface area contributed by atoms with E-state index in [1.54, 1.807) is 0 Å². The second-order valence-electron chi connectivity index (χ2n) is 6.92. The molecule has 1 aliphatic heterocycles. The van der Waals surface area contributed by atoms with Crippen LogP contribution in [0.5, 0.6) is 0 Å². The van der Waals surface area contributed by atoms with Gasteiger partial charge in [0.25, 0.3) is 0 Å². The summed E-state index contributed by atoms with van der Waals surface area (Å²) in [7, 11) is 0. The second-order valence-corrected chi connectivity index (χ2v) is 6.92. The van der Waals surface area contributed by atoms with Crippen LogP contribution in [0, 0.1) is 5.41 Å². The molecule has 23 heavy (non-hydrogen) atoms. The van der Waals surface area contributed by atoms with Crippen LogP contribution in [0.3, 0.4) is 0 Å². The van der Waals surface area contributed by atoms with E-state index >= 15 is 0 Å². The molecular formula is C17H28N4O2. The Morgan fingerprint density at radius 3 is 2.87 bits per heavy atom. The third-order valence-corrected chi connectivity index (χ3v) is 5.38. The maximum absolute atomic E-state index is 12.4. The Morgan fingerprint density at radius 2 is 2.17 bits per heavy atom. The van der Waals surface area contributed by atoms with E-state index in [2.05, 4.69) is 17.1 Å². The summed E-state index contributed by atoms with van der Waals surface area (Å²) in [5.41, 5.74) is 0.174. The molecule has 0 bridgehead atoms. The van der Waals surface area contributed by atoms with Crippen molar-refractivity contribution in [2.45, 2.75) is 58.3 Å². The molecule has 1 aromatic rings. The average molecular weight is 320 g/mol. The Bertz CT molecular complexity index is 536. The van der Waals surface area contributed by atoms with Gasteiger partial charge in [0.15, 0.2) is 5.82 Å². The van der Waals surface area contributed by atoms with Gasteiger partial charge in [-0.1, -0.05) is 19.8 Å². The maximum atomic E-state index is 12.4. The van der Waals surface area contributed by atoms with Crippen molar-refractivity contribution in [2.75, 3.05) is 26.3 Å². The summed E-state index contributed by atoms with van der Waals surface area (Å²) in [6.45, 7) is 6.40. The van der Waals surface area contributed by atoms with Gasteiger partial charge in [0.05, 0.1) is 0 Å². The normalized spacial score (nSPS) is 23.0. The lowest BCUT2D eigenvalue weighted by Crippen LogP contribution is -2.33. The molecule has 1 atom stereocenters. The number of rotatable bonds is 6. The maximum Gasteiger partial charge on any atom is 0.248 e. The molecule has 1 unspecified atom stereocenters. The van der Waals surface area contributed by atoms with Gasteiger partial charge in [0, 0.05) is 32.0 Å². The van der Waals surface area contributed by atoms with E-state index in [1.807, 2.05) is 11.8 Å². The molecule has 1 amide bonds. The minimum Gasteiger partial charge on any atom is -0.372 e. The lowest BCUT2D eigenvalue weighted by Gasteiger charge is -2.27. The largest absolute Gasteiger partial charge is 0.372 e. The highest BCUT2D eigenvalue weighted by molar-refractivity contribution is 5.78. The van der Waals surface area contributed by atoms with Gasteiger partial charge in [-0.3, -0.25) is 9.89 Å². The molecule has 1 spiro atoms. The van der Waals surface area contributed by atoms with Gasteiger partial charge in [0.2, 0.25) is 5.91 Å². The van der Waals surface area contributed by atoms with Crippen molar-refractivity contribution in [2.24, 2.45) is 5.41 Å². The number of H-pyrrole nitrogens is 1. The lowest BCUT2D eigenvalue weighted by atomic mass is 9.76. The van der Waals surface area contributed by atoms with Gasteiger partial charge in [0.1, 0.15) is 12.4 Å². The van der Waals surface area contributed by atoms with E-state index in [0.29, 0.717) is 6.61 Å². The molecule has 2 heterocycles. The quantitative estimate of drug-likeness (QED) is 0.873. The van der Waals surface area contributed by atoms with Crippen molar-refractivity contribution >= 4 is 5.91 Å². The Balaban J connectivity index is 1.77. The molecule has 0 radical (unpaired) electrons. The molecule has 6 nitrogen and oxygen atoms in total. The molecule has 1 aliphatic carbocycles. The zero-order chi connectivity index (χ0) is 16.3. The van der Waals surface area contributed by atoms with E-state index in [0.717, 1.165) is 37.6 Å². The Hall–Kier alpha value is -1.43. The van der Waals surface area contributed by atoms with Crippen LogP contribution in [0.4, 0.5) is 0 Å². The number of ether oxygens (including phenoxy) is 1. The Morgan fingerprint density at radius 1 is 1.39 bits per heavy atom. The SMILES string of the molecule is CCCc1nc(C2CN(C(=O)COCC)CC23CCCC3)n[nH]1. The molecule has 3 rings (SSSR count). The van der Waals surface area contributed by atoms with E-state index in [1.165, 1.54) is 25.7 Å². The molecule has 1 N–H and O–H groups in total. The number of aromatic amines is 1. The summed E-state index contributed by atoms with van der Waals surface area (Å²) in [5, 5.41) is 7.57. The fourth-order valence-electron chi connectivity index (χ4n) is 4.20. The molecule has 1 aromatic heterocycles. The fourth-order valence-corrected chi connectivity index (χ4v) is 4.20. The minimum absolute atomic E-state index is 0.102. The van der Waals surface area contributed by atoms with Crippen molar-refractivity contribution in [3.05, 3.63) is 11.6 Å². The molecule has 2 fully saturated rings. The number of carbonyl (C=O) groups is 1. The fraction of sp³-hybridized carbons (Fsp3) is 0.824. The number of hydrogen-bond donors (Lipinski definition) is 1. The minimum atomic E-state index is 0.102. The molecule has 6 heteroatoms. The van der Waals surface area contributed by atoms with Gasteiger partial charge in [-0.2, -0.15) is 5.10 Å². The molecular weight excluding hydrogens is 292 g/mol. The standard InChI is InChI=1S/C17H28N4O2/c1-3-7-14-18-16(20-19-14)13-10-21(15(22)11-23-4-2)12-17(13)8-5-6-9-17/h13H,3-12H2,1-2H3,(H,18,19,20). The Kier molecular flexibility index (Phi) is 4.99. The van der Waals surface area contributed by atoms with Gasteiger partial charge >= 0.3 is 0 Å². The average Bonchev–Trinajstić information content (AvgIpc) is 3.27. The zero-order valence-electron chi connectivity index (χ0n) is 14.3. The first-order valence-corrected chi connectivity index (χ1v) is 8.95. The van der Waals surface area contributed by atoms with E-state index in [4.69, 9.17) is 9.72 Å². The van der Waals surface area contributed by atoms with Crippen molar-refractivity contribution in [1.82, 2.24) is 20.1 Å². The van der Waals surface area contributed by atoms with Crippen molar-refractivity contribution in [3.63, 3.8) is 0 Å². The first-order valence-electron chi connectivity index (χ1n) is 8.95. The molecule has 0 aromatic carbocycles. The molecule has 128 valence electrons.